The second-order valence-electron chi connectivity index (χ2n) is 5.85. The molecule has 1 aliphatic rings. The molecule has 4 heteroatoms. The van der Waals surface area contributed by atoms with Crippen LogP contribution < -0.4 is 0 Å². The topological polar surface area (TPSA) is 56.3 Å². The van der Waals surface area contributed by atoms with E-state index in [1.807, 2.05) is 6.07 Å². The van der Waals surface area contributed by atoms with Gasteiger partial charge in [0.1, 0.15) is 0 Å². The number of carboxylic acid groups (broad SMARTS) is 1. The Hall–Kier alpha value is -1.81. The fraction of sp³-hybridized carbons (Fsp3) is 0.438. The molecule has 0 fully saturated rings. The van der Waals surface area contributed by atoms with Gasteiger partial charge in [0, 0.05) is 35.7 Å². The highest BCUT2D eigenvalue weighted by molar-refractivity contribution is 5.84. The molecule has 1 aromatic heterocycles. The van der Waals surface area contributed by atoms with Gasteiger partial charge in [0.15, 0.2) is 0 Å². The lowest BCUT2D eigenvalue weighted by Crippen LogP contribution is -2.42. The lowest BCUT2D eigenvalue weighted by Gasteiger charge is -2.34. The predicted molar refractivity (Wildman–Crippen MR) is 78.7 cm³/mol. The molecule has 3 rings (SSSR count). The van der Waals surface area contributed by atoms with E-state index in [4.69, 9.17) is 5.11 Å². The van der Waals surface area contributed by atoms with Crippen LogP contribution in [-0.4, -0.2) is 33.5 Å². The molecule has 0 spiro atoms. The number of rotatable bonds is 3. The van der Waals surface area contributed by atoms with E-state index in [0.717, 1.165) is 13.0 Å². The fourth-order valence-electron chi connectivity index (χ4n) is 3.08. The molecule has 0 aliphatic carbocycles. The van der Waals surface area contributed by atoms with Gasteiger partial charge in [-0.1, -0.05) is 25.1 Å². The van der Waals surface area contributed by atoms with Gasteiger partial charge in [0.25, 0.3) is 0 Å². The standard InChI is InChI=1S/C16H20N2O2/c1-10(16(19)20)8-18-9-15-13(7-11(18)2)12-5-3-4-6-14(12)17-15/h3-6,10-11,17H,7-9H2,1-2H3,(H,19,20)/t10-,11-/m1/s1. The van der Waals surface area contributed by atoms with Gasteiger partial charge in [0.2, 0.25) is 0 Å². The van der Waals surface area contributed by atoms with Crippen LogP contribution in [0.4, 0.5) is 0 Å². The fourth-order valence-corrected chi connectivity index (χ4v) is 3.08. The molecule has 0 amide bonds. The van der Waals surface area contributed by atoms with Crippen LogP contribution in [0.1, 0.15) is 25.1 Å². The minimum atomic E-state index is -0.723. The van der Waals surface area contributed by atoms with Crippen molar-refractivity contribution in [3.05, 3.63) is 35.5 Å². The summed E-state index contributed by atoms with van der Waals surface area (Å²) >= 11 is 0. The van der Waals surface area contributed by atoms with Crippen LogP contribution in [0.15, 0.2) is 24.3 Å². The average Bonchev–Trinajstić information content (AvgIpc) is 2.76. The van der Waals surface area contributed by atoms with Crippen LogP contribution in [0.5, 0.6) is 0 Å². The van der Waals surface area contributed by atoms with Crippen LogP contribution >= 0.6 is 0 Å². The molecule has 20 heavy (non-hydrogen) atoms. The number of aromatic amines is 1. The summed E-state index contributed by atoms with van der Waals surface area (Å²) in [6.45, 7) is 5.36. The summed E-state index contributed by atoms with van der Waals surface area (Å²) in [5.74, 6) is -1.05. The lowest BCUT2D eigenvalue weighted by atomic mass is 9.96. The average molecular weight is 272 g/mol. The normalized spacial score (nSPS) is 20.8. The second kappa shape index (κ2) is 4.94. The Balaban J connectivity index is 1.88. The zero-order valence-electron chi connectivity index (χ0n) is 11.9. The lowest BCUT2D eigenvalue weighted by molar-refractivity contribution is -0.142. The Morgan fingerprint density at radius 1 is 1.50 bits per heavy atom. The molecule has 0 saturated heterocycles. The number of fused-ring (bicyclic) bond motifs is 3. The van der Waals surface area contributed by atoms with Crippen LogP contribution in [0, 0.1) is 5.92 Å². The van der Waals surface area contributed by atoms with Crippen LogP contribution in [-0.2, 0) is 17.8 Å². The molecule has 106 valence electrons. The Morgan fingerprint density at radius 3 is 3.00 bits per heavy atom. The monoisotopic (exact) mass is 272 g/mol. The number of carboxylic acids is 1. The summed E-state index contributed by atoms with van der Waals surface area (Å²) in [6, 6.07) is 8.75. The first-order valence-corrected chi connectivity index (χ1v) is 7.11. The largest absolute Gasteiger partial charge is 0.481 e. The number of benzene rings is 1. The molecule has 2 atom stereocenters. The summed E-state index contributed by atoms with van der Waals surface area (Å²) < 4.78 is 0. The van der Waals surface area contributed by atoms with Crippen molar-refractivity contribution in [3.8, 4) is 0 Å². The zero-order valence-corrected chi connectivity index (χ0v) is 11.9. The third-order valence-corrected chi connectivity index (χ3v) is 4.32. The van der Waals surface area contributed by atoms with Crippen molar-refractivity contribution in [1.82, 2.24) is 9.88 Å². The van der Waals surface area contributed by atoms with Gasteiger partial charge >= 0.3 is 5.97 Å². The van der Waals surface area contributed by atoms with Crippen molar-refractivity contribution < 1.29 is 9.90 Å². The first-order chi connectivity index (χ1) is 9.56. The summed E-state index contributed by atoms with van der Waals surface area (Å²) in [5, 5.41) is 10.4. The van der Waals surface area contributed by atoms with E-state index in [1.165, 1.54) is 22.2 Å². The van der Waals surface area contributed by atoms with Gasteiger partial charge in [-0.05, 0) is 25.0 Å². The van der Waals surface area contributed by atoms with E-state index < -0.39 is 5.97 Å². The summed E-state index contributed by atoms with van der Waals surface area (Å²) in [6.07, 6.45) is 0.978. The van der Waals surface area contributed by atoms with Crippen LogP contribution in [0.3, 0.4) is 0 Å². The molecule has 0 bridgehead atoms. The van der Waals surface area contributed by atoms with Gasteiger partial charge in [-0.15, -0.1) is 0 Å². The second-order valence-corrected chi connectivity index (χ2v) is 5.85. The van der Waals surface area contributed by atoms with Crippen LogP contribution in [0.2, 0.25) is 0 Å². The van der Waals surface area contributed by atoms with E-state index in [-0.39, 0.29) is 5.92 Å². The molecular weight excluding hydrogens is 252 g/mol. The number of nitrogens with one attached hydrogen (secondary N) is 1. The molecular formula is C16H20N2O2. The van der Waals surface area contributed by atoms with E-state index >= 15 is 0 Å². The zero-order chi connectivity index (χ0) is 14.3. The van der Waals surface area contributed by atoms with Gasteiger partial charge < -0.3 is 10.1 Å². The summed E-state index contributed by atoms with van der Waals surface area (Å²) in [7, 11) is 0. The summed E-state index contributed by atoms with van der Waals surface area (Å²) in [5.41, 5.74) is 3.81. The number of aliphatic carboxylic acids is 1. The Labute approximate surface area is 118 Å². The quantitative estimate of drug-likeness (QED) is 0.903. The predicted octanol–water partition coefficient (Wildman–Crippen LogP) is 2.64. The van der Waals surface area contributed by atoms with E-state index in [0.29, 0.717) is 12.6 Å². The highest BCUT2D eigenvalue weighted by atomic mass is 16.4. The van der Waals surface area contributed by atoms with Crippen molar-refractivity contribution in [2.75, 3.05) is 6.54 Å². The molecule has 0 unspecified atom stereocenters. The number of hydrogen-bond acceptors (Lipinski definition) is 2. The molecule has 2 N–H and O–H groups in total. The van der Waals surface area contributed by atoms with Gasteiger partial charge in [-0.3, -0.25) is 9.69 Å². The third-order valence-electron chi connectivity index (χ3n) is 4.32. The Bertz CT molecular complexity index is 647. The van der Waals surface area contributed by atoms with Crippen molar-refractivity contribution >= 4 is 16.9 Å². The maximum atomic E-state index is 11.0. The van der Waals surface area contributed by atoms with Crippen LogP contribution in [0.25, 0.3) is 10.9 Å². The first kappa shape index (κ1) is 13.2. The number of carbonyl (C=O) groups is 1. The van der Waals surface area contributed by atoms with Gasteiger partial charge in [0.05, 0.1) is 5.92 Å². The number of nitrogens with zero attached hydrogens (tertiary/aromatic N) is 1. The van der Waals surface area contributed by atoms with Gasteiger partial charge in [-0.2, -0.15) is 0 Å². The number of H-pyrrole nitrogens is 1. The maximum Gasteiger partial charge on any atom is 0.307 e. The van der Waals surface area contributed by atoms with Crippen molar-refractivity contribution in [2.24, 2.45) is 5.92 Å². The molecule has 2 heterocycles. The summed E-state index contributed by atoms with van der Waals surface area (Å²) in [4.78, 5) is 16.8. The van der Waals surface area contributed by atoms with Crippen molar-refractivity contribution in [3.63, 3.8) is 0 Å². The maximum absolute atomic E-state index is 11.0. The number of aromatic nitrogens is 1. The van der Waals surface area contributed by atoms with E-state index in [9.17, 15) is 4.79 Å². The number of hydrogen-bond donors (Lipinski definition) is 2. The number of para-hydroxylation sites is 1. The van der Waals surface area contributed by atoms with E-state index in [2.05, 4.69) is 35.0 Å². The molecule has 4 nitrogen and oxygen atoms in total. The smallest absolute Gasteiger partial charge is 0.307 e. The molecule has 0 radical (unpaired) electrons. The molecule has 0 saturated carbocycles. The third kappa shape index (κ3) is 2.20. The Morgan fingerprint density at radius 2 is 2.25 bits per heavy atom. The minimum absolute atomic E-state index is 0.330. The van der Waals surface area contributed by atoms with Crippen molar-refractivity contribution in [2.45, 2.75) is 32.9 Å². The molecule has 1 aromatic carbocycles. The van der Waals surface area contributed by atoms with E-state index in [1.54, 1.807) is 6.92 Å². The highest BCUT2D eigenvalue weighted by Crippen LogP contribution is 2.30. The minimum Gasteiger partial charge on any atom is -0.481 e. The van der Waals surface area contributed by atoms with Gasteiger partial charge in [-0.25, -0.2) is 0 Å². The highest BCUT2D eigenvalue weighted by Gasteiger charge is 2.28. The molecule has 2 aromatic rings. The first-order valence-electron chi connectivity index (χ1n) is 7.11. The SMILES string of the molecule is C[C@H](CN1Cc2[nH]c3ccccc3c2C[C@H]1C)C(=O)O. The van der Waals surface area contributed by atoms with Crippen molar-refractivity contribution in [1.29, 1.82) is 0 Å². The molecule has 1 aliphatic heterocycles. The Kier molecular flexibility index (Phi) is 3.26.